The average Bonchev–Trinajstić information content (AvgIpc) is 2.83. The van der Waals surface area contributed by atoms with Gasteiger partial charge in [0, 0.05) is 5.75 Å². The molecule has 1 unspecified atom stereocenters. The number of hydrogen-bond acceptors (Lipinski definition) is 3. The second-order valence-corrected chi connectivity index (χ2v) is 6.95. The molecular weight excluding hydrogens is 284 g/mol. The van der Waals surface area contributed by atoms with Crippen LogP contribution in [0.3, 0.4) is 0 Å². The Morgan fingerprint density at radius 3 is 2.61 bits per heavy atom. The molecule has 0 aliphatic carbocycles. The summed E-state index contributed by atoms with van der Waals surface area (Å²) in [6.45, 7) is 1.95. The fourth-order valence-corrected chi connectivity index (χ4v) is 3.58. The minimum Gasteiger partial charge on any atom is -0.292 e. The summed E-state index contributed by atoms with van der Waals surface area (Å²) in [5, 5.41) is -0.0417. The van der Waals surface area contributed by atoms with Gasteiger partial charge in [0.05, 0.1) is 14.5 Å². The maximum absolute atomic E-state index is 12.1. The molecule has 0 saturated carbocycles. The molecule has 0 N–H and O–H groups in total. The van der Waals surface area contributed by atoms with Gasteiger partial charge in [-0.1, -0.05) is 41.9 Å². The number of carbonyl (C=O) groups is 1. The van der Waals surface area contributed by atoms with E-state index in [-0.39, 0.29) is 11.0 Å². The molecule has 0 radical (unpaired) electrons. The van der Waals surface area contributed by atoms with Gasteiger partial charge in [0.15, 0.2) is 5.78 Å². The Hall–Kier alpha value is -0.770. The van der Waals surface area contributed by atoms with Gasteiger partial charge in [-0.2, -0.15) is 0 Å². The third-order valence-electron chi connectivity index (χ3n) is 2.53. The van der Waals surface area contributed by atoms with Crippen molar-refractivity contribution in [1.82, 2.24) is 0 Å². The highest BCUT2D eigenvalue weighted by Gasteiger charge is 2.17. The standard InChI is InChI=1S/C14H13ClOS2/c1-10(14(16)12-7-8-13(15)18-12)17-9-11-5-3-2-4-6-11/h2-8,10H,9H2,1H3. The first kappa shape index (κ1) is 13.7. The van der Waals surface area contributed by atoms with Crippen LogP contribution in [0, 0.1) is 0 Å². The fourth-order valence-electron chi connectivity index (χ4n) is 1.52. The van der Waals surface area contributed by atoms with Gasteiger partial charge in [0.2, 0.25) is 0 Å². The van der Waals surface area contributed by atoms with E-state index in [9.17, 15) is 4.79 Å². The van der Waals surface area contributed by atoms with Crippen LogP contribution in [0.1, 0.15) is 22.2 Å². The number of rotatable bonds is 5. The van der Waals surface area contributed by atoms with Crippen molar-refractivity contribution < 1.29 is 4.79 Å². The maximum atomic E-state index is 12.1. The molecule has 18 heavy (non-hydrogen) atoms. The Morgan fingerprint density at radius 2 is 2.00 bits per heavy atom. The average molecular weight is 297 g/mol. The van der Waals surface area contributed by atoms with Gasteiger partial charge in [0.25, 0.3) is 0 Å². The minimum atomic E-state index is -0.0417. The highest BCUT2D eigenvalue weighted by molar-refractivity contribution is 7.99. The molecule has 1 aromatic heterocycles. The molecule has 0 aliphatic heterocycles. The molecule has 94 valence electrons. The Balaban J connectivity index is 1.92. The summed E-state index contributed by atoms with van der Waals surface area (Å²) in [6, 6.07) is 13.8. The molecule has 1 atom stereocenters. The molecule has 0 bridgehead atoms. The first-order chi connectivity index (χ1) is 8.66. The van der Waals surface area contributed by atoms with Gasteiger partial charge in [0.1, 0.15) is 0 Å². The van der Waals surface area contributed by atoms with Gasteiger partial charge in [-0.3, -0.25) is 4.79 Å². The number of benzene rings is 1. The highest BCUT2D eigenvalue weighted by atomic mass is 35.5. The summed E-state index contributed by atoms with van der Waals surface area (Å²) in [5.41, 5.74) is 1.24. The van der Waals surface area contributed by atoms with Crippen molar-refractivity contribution in [3.05, 3.63) is 57.2 Å². The second kappa shape index (κ2) is 6.41. The van der Waals surface area contributed by atoms with E-state index in [1.54, 1.807) is 23.9 Å². The topological polar surface area (TPSA) is 17.1 Å². The van der Waals surface area contributed by atoms with E-state index in [0.717, 1.165) is 10.6 Å². The molecule has 2 aromatic rings. The van der Waals surface area contributed by atoms with Gasteiger partial charge < -0.3 is 0 Å². The highest BCUT2D eigenvalue weighted by Crippen LogP contribution is 2.26. The molecule has 1 heterocycles. The first-order valence-corrected chi connectivity index (χ1v) is 7.86. The lowest BCUT2D eigenvalue weighted by atomic mass is 10.2. The van der Waals surface area contributed by atoms with Gasteiger partial charge in [-0.15, -0.1) is 23.1 Å². The summed E-state index contributed by atoms with van der Waals surface area (Å²) >= 11 is 8.85. The van der Waals surface area contributed by atoms with Gasteiger partial charge in [-0.25, -0.2) is 0 Å². The monoisotopic (exact) mass is 296 g/mol. The molecule has 1 aromatic carbocycles. The quantitative estimate of drug-likeness (QED) is 0.730. The summed E-state index contributed by atoms with van der Waals surface area (Å²) in [6.07, 6.45) is 0. The third kappa shape index (κ3) is 3.61. The summed E-state index contributed by atoms with van der Waals surface area (Å²) in [7, 11) is 0. The van der Waals surface area contributed by atoms with Crippen molar-refractivity contribution in [2.45, 2.75) is 17.9 Å². The maximum Gasteiger partial charge on any atom is 0.185 e. The summed E-state index contributed by atoms with van der Waals surface area (Å²) in [4.78, 5) is 12.9. The van der Waals surface area contributed by atoms with Crippen LogP contribution in [-0.2, 0) is 5.75 Å². The Labute approximate surface area is 120 Å². The zero-order chi connectivity index (χ0) is 13.0. The molecule has 0 saturated heterocycles. The third-order valence-corrected chi connectivity index (χ3v) is 4.99. The molecule has 1 nitrogen and oxygen atoms in total. The lowest BCUT2D eigenvalue weighted by Gasteiger charge is -2.08. The van der Waals surface area contributed by atoms with E-state index >= 15 is 0 Å². The predicted octanol–water partition coefficient (Wildman–Crippen LogP) is 4.91. The first-order valence-electron chi connectivity index (χ1n) is 5.62. The Bertz CT molecular complexity index is 522. The van der Waals surface area contributed by atoms with E-state index in [1.165, 1.54) is 16.9 Å². The molecule has 0 fully saturated rings. The van der Waals surface area contributed by atoms with Crippen molar-refractivity contribution in [3.8, 4) is 0 Å². The molecule has 0 spiro atoms. The molecule has 4 heteroatoms. The van der Waals surface area contributed by atoms with E-state index in [1.807, 2.05) is 25.1 Å². The number of thiophene rings is 1. The number of thioether (sulfide) groups is 1. The van der Waals surface area contributed by atoms with Crippen molar-refractivity contribution in [2.24, 2.45) is 0 Å². The van der Waals surface area contributed by atoms with E-state index in [2.05, 4.69) is 12.1 Å². The number of halogens is 1. The SMILES string of the molecule is CC(SCc1ccccc1)C(=O)c1ccc(Cl)s1. The normalized spacial score (nSPS) is 12.3. The van der Waals surface area contributed by atoms with E-state index in [4.69, 9.17) is 11.6 Å². The van der Waals surface area contributed by atoms with E-state index < -0.39 is 0 Å². The van der Waals surface area contributed by atoms with Crippen LogP contribution in [0.5, 0.6) is 0 Å². The Morgan fingerprint density at radius 1 is 1.28 bits per heavy atom. The molecular formula is C14H13ClOS2. The zero-order valence-electron chi connectivity index (χ0n) is 9.93. The van der Waals surface area contributed by atoms with Crippen molar-refractivity contribution in [3.63, 3.8) is 0 Å². The number of ketones is 1. The largest absolute Gasteiger partial charge is 0.292 e. The fraction of sp³-hybridized carbons (Fsp3) is 0.214. The lowest BCUT2D eigenvalue weighted by molar-refractivity contribution is 0.0998. The predicted molar refractivity (Wildman–Crippen MR) is 80.9 cm³/mol. The number of carbonyl (C=O) groups excluding carboxylic acids is 1. The van der Waals surface area contributed by atoms with Crippen LogP contribution in [0.2, 0.25) is 4.34 Å². The van der Waals surface area contributed by atoms with Crippen LogP contribution >= 0.6 is 34.7 Å². The van der Waals surface area contributed by atoms with Crippen molar-refractivity contribution in [1.29, 1.82) is 0 Å². The van der Waals surface area contributed by atoms with Crippen LogP contribution in [0.4, 0.5) is 0 Å². The summed E-state index contributed by atoms with van der Waals surface area (Å²) < 4.78 is 0.665. The molecule has 0 aliphatic rings. The van der Waals surface area contributed by atoms with Crippen LogP contribution in [0.15, 0.2) is 42.5 Å². The number of Topliss-reactive ketones (excluding diaryl/α,β-unsaturated/α-hetero) is 1. The van der Waals surface area contributed by atoms with Crippen LogP contribution in [-0.4, -0.2) is 11.0 Å². The second-order valence-electron chi connectivity index (χ2n) is 3.91. The van der Waals surface area contributed by atoms with Gasteiger partial charge in [-0.05, 0) is 24.6 Å². The molecule has 0 amide bonds. The smallest absolute Gasteiger partial charge is 0.185 e. The Kier molecular flexibility index (Phi) is 4.87. The zero-order valence-corrected chi connectivity index (χ0v) is 12.3. The number of hydrogen-bond donors (Lipinski definition) is 0. The van der Waals surface area contributed by atoms with Crippen LogP contribution < -0.4 is 0 Å². The van der Waals surface area contributed by atoms with Crippen molar-refractivity contribution >= 4 is 40.5 Å². The van der Waals surface area contributed by atoms with E-state index in [0.29, 0.717) is 4.34 Å². The lowest BCUT2D eigenvalue weighted by Crippen LogP contribution is -2.12. The molecule has 2 rings (SSSR count). The van der Waals surface area contributed by atoms with Crippen LogP contribution in [0.25, 0.3) is 0 Å². The summed E-state index contributed by atoms with van der Waals surface area (Å²) in [5.74, 6) is 1.01. The van der Waals surface area contributed by atoms with Gasteiger partial charge >= 0.3 is 0 Å². The minimum absolute atomic E-state index is 0.0417. The van der Waals surface area contributed by atoms with Crippen molar-refractivity contribution in [2.75, 3.05) is 0 Å².